The Balaban J connectivity index is 3.68. The lowest BCUT2D eigenvalue weighted by molar-refractivity contribution is -0.106. The molecule has 0 spiro atoms. The zero-order valence-corrected chi connectivity index (χ0v) is 5.79. The van der Waals surface area contributed by atoms with Crippen molar-refractivity contribution in [1.82, 2.24) is 0 Å². The van der Waals surface area contributed by atoms with E-state index in [0.29, 0.717) is 5.84 Å². The molecule has 0 saturated carbocycles. The molecule has 0 aliphatic heterocycles. The van der Waals surface area contributed by atoms with E-state index < -0.39 is 0 Å². The van der Waals surface area contributed by atoms with Crippen LogP contribution in [0.5, 0.6) is 0 Å². The van der Waals surface area contributed by atoms with Gasteiger partial charge in [0.25, 0.3) is 0 Å². The fraction of sp³-hybridized carbons (Fsp3) is 0.667. The molecule has 52 valence electrons. The smallest absolute Gasteiger partial charge is 0.127 e. The molecule has 0 bridgehead atoms. The minimum atomic E-state index is 0.185. The molecule has 0 atom stereocenters. The summed E-state index contributed by atoms with van der Waals surface area (Å²) in [5, 5.41) is 0. The highest BCUT2D eigenvalue weighted by Gasteiger charge is 1.90. The van der Waals surface area contributed by atoms with E-state index >= 15 is 0 Å². The number of hydrogen-bond donors (Lipinski definition) is 1. The van der Waals surface area contributed by atoms with Gasteiger partial charge in [-0.2, -0.15) is 0 Å². The van der Waals surface area contributed by atoms with Crippen LogP contribution in [-0.2, 0) is 4.79 Å². The average molecular weight is 128 g/mol. The van der Waals surface area contributed by atoms with Crippen LogP contribution in [0.3, 0.4) is 0 Å². The second-order valence-corrected chi connectivity index (χ2v) is 2.08. The van der Waals surface area contributed by atoms with Gasteiger partial charge in [-0.25, -0.2) is 0 Å². The van der Waals surface area contributed by atoms with E-state index in [-0.39, 0.29) is 12.5 Å². The van der Waals surface area contributed by atoms with Gasteiger partial charge in [-0.15, -0.1) is 0 Å². The zero-order chi connectivity index (χ0) is 7.28. The van der Waals surface area contributed by atoms with Crippen LogP contribution in [0, 0.1) is 0 Å². The number of carbonyl (C=O) groups excluding carboxylic acids is 1. The Hall–Kier alpha value is -0.860. The van der Waals surface area contributed by atoms with E-state index in [1.165, 1.54) is 0 Å². The van der Waals surface area contributed by atoms with Crippen molar-refractivity contribution >= 4 is 12.1 Å². The molecule has 0 aromatic carbocycles. The molecule has 0 amide bonds. The molecule has 0 fully saturated rings. The van der Waals surface area contributed by atoms with Gasteiger partial charge in [-0.05, 0) is 13.8 Å². The van der Waals surface area contributed by atoms with Crippen molar-refractivity contribution in [2.24, 2.45) is 10.7 Å². The monoisotopic (exact) mass is 128 g/mol. The third kappa shape index (κ3) is 5.00. The fourth-order valence-corrected chi connectivity index (χ4v) is 0.470. The minimum absolute atomic E-state index is 0.185. The Morgan fingerprint density at radius 2 is 2.33 bits per heavy atom. The highest BCUT2D eigenvalue weighted by atomic mass is 16.1. The molecule has 0 saturated heterocycles. The average Bonchev–Trinajstić information content (AvgIpc) is 1.63. The first-order chi connectivity index (χ1) is 4.16. The Kier molecular flexibility index (Phi) is 3.67. The van der Waals surface area contributed by atoms with Crippen molar-refractivity contribution in [2.45, 2.75) is 26.3 Å². The van der Waals surface area contributed by atoms with Crippen LogP contribution in [0.1, 0.15) is 20.3 Å². The molecule has 0 rings (SSSR count). The van der Waals surface area contributed by atoms with Crippen molar-refractivity contribution in [3.05, 3.63) is 0 Å². The summed E-state index contributed by atoms with van der Waals surface area (Å²) in [5.74, 6) is 0.417. The normalized spacial score (nSPS) is 12.1. The number of nitrogens with two attached hydrogens (primary N) is 1. The van der Waals surface area contributed by atoms with Gasteiger partial charge in [-0.1, -0.05) is 0 Å². The number of aldehydes is 1. The van der Waals surface area contributed by atoms with Gasteiger partial charge in [0.2, 0.25) is 0 Å². The van der Waals surface area contributed by atoms with Crippen LogP contribution < -0.4 is 5.73 Å². The summed E-state index contributed by atoms with van der Waals surface area (Å²) in [6, 6.07) is 0.185. The molecule has 3 nitrogen and oxygen atoms in total. The van der Waals surface area contributed by atoms with Gasteiger partial charge in [0.05, 0.1) is 6.42 Å². The number of hydrogen-bond acceptors (Lipinski definition) is 2. The maximum Gasteiger partial charge on any atom is 0.127 e. The van der Waals surface area contributed by atoms with Crippen LogP contribution in [-0.4, -0.2) is 18.2 Å². The summed E-state index contributed by atoms with van der Waals surface area (Å²) in [5.41, 5.74) is 5.30. The van der Waals surface area contributed by atoms with E-state index in [1.54, 1.807) is 0 Å². The number of aliphatic imine (C=N–C) groups is 1. The van der Waals surface area contributed by atoms with E-state index in [4.69, 9.17) is 5.73 Å². The first-order valence-electron chi connectivity index (χ1n) is 2.92. The van der Waals surface area contributed by atoms with Gasteiger partial charge in [0.1, 0.15) is 12.1 Å². The van der Waals surface area contributed by atoms with Crippen LogP contribution in [0.4, 0.5) is 0 Å². The quantitative estimate of drug-likeness (QED) is 0.338. The number of amidine groups is 1. The molecular formula is C6H12N2O. The molecule has 0 unspecified atom stereocenters. The predicted octanol–water partition coefficient (Wildman–Crippen LogP) is 0.341. The third-order valence-corrected chi connectivity index (χ3v) is 0.716. The first kappa shape index (κ1) is 8.14. The Bertz CT molecular complexity index is 118. The lowest BCUT2D eigenvalue weighted by atomic mass is 10.4. The van der Waals surface area contributed by atoms with Crippen LogP contribution in [0.15, 0.2) is 4.99 Å². The van der Waals surface area contributed by atoms with Crippen molar-refractivity contribution in [3.63, 3.8) is 0 Å². The summed E-state index contributed by atoms with van der Waals surface area (Å²) in [7, 11) is 0. The summed E-state index contributed by atoms with van der Waals surface area (Å²) >= 11 is 0. The molecule has 0 aromatic rings. The molecular weight excluding hydrogens is 116 g/mol. The van der Waals surface area contributed by atoms with Gasteiger partial charge >= 0.3 is 0 Å². The Morgan fingerprint density at radius 3 is 2.67 bits per heavy atom. The molecule has 9 heavy (non-hydrogen) atoms. The van der Waals surface area contributed by atoms with Crippen LogP contribution in [0.25, 0.3) is 0 Å². The zero-order valence-electron chi connectivity index (χ0n) is 5.79. The Morgan fingerprint density at radius 1 is 1.78 bits per heavy atom. The SMILES string of the molecule is CC(C)N=C(N)CC=O. The lowest BCUT2D eigenvalue weighted by Gasteiger charge is -1.96. The van der Waals surface area contributed by atoms with Crippen molar-refractivity contribution in [3.8, 4) is 0 Å². The molecule has 0 aromatic heterocycles. The lowest BCUT2D eigenvalue weighted by Crippen LogP contribution is -2.14. The first-order valence-corrected chi connectivity index (χ1v) is 2.92. The highest BCUT2D eigenvalue weighted by molar-refractivity contribution is 5.91. The van der Waals surface area contributed by atoms with Gasteiger partial charge < -0.3 is 10.5 Å². The molecule has 3 heteroatoms. The number of nitrogens with zero attached hydrogens (tertiary/aromatic N) is 1. The van der Waals surface area contributed by atoms with Crippen LogP contribution in [0.2, 0.25) is 0 Å². The molecule has 0 radical (unpaired) electrons. The van der Waals surface area contributed by atoms with Gasteiger partial charge in [0.15, 0.2) is 0 Å². The maximum absolute atomic E-state index is 9.84. The maximum atomic E-state index is 9.84. The second kappa shape index (κ2) is 4.06. The second-order valence-electron chi connectivity index (χ2n) is 2.08. The third-order valence-electron chi connectivity index (χ3n) is 0.716. The van der Waals surface area contributed by atoms with Crippen molar-refractivity contribution < 1.29 is 4.79 Å². The van der Waals surface area contributed by atoms with Gasteiger partial charge in [0, 0.05) is 6.04 Å². The fourth-order valence-electron chi connectivity index (χ4n) is 0.470. The summed E-state index contributed by atoms with van der Waals surface area (Å²) in [6.45, 7) is 3.83. The Labute approximate surface area is 55.0 Å². The van der Waals surface area contributed by atoms with E-state index in [1.807, 2.05) is 13.8 Å². The molecule has 0 aliphatic carbocycles. The topological polar surface area (TPSA) is 55.4 Å². The van der Waals surface area contributed by atoms with E-state index in [9.17, 15) is 4.79 Å². The summed E-state index contributed by atoms with van der Waals surface area (Å²) in [6.07, 6.45) is 0.999. The standard InChI is InChI=1S/C6H12N2O/c1-5(2)8-6(7)3-4-9/h4-5H,3H2,1-2H3,(H2,7,8). The molecule has 0 heterocycles. The molecule has 2 N–H and O–H groups in total. The van der Waals surface area contributed by atoms with E-state index in [0.717, 1.165) is 6.29 Å². The largest absolute Gasteiger partial charge is 0.387 e. The number of rotatable bonds is 3. The number of carbonyl (C=O) groups is 1. The van der Waals surface area contributed by atoms with Crippen molar-refractivity contribution in [2.75, 3.05) is 0 Å². The minimum Gasteiger partial charge on any atom is -0.387 e. The highest BCUT2D eigenvalue weighted by Crippen LogP contribution is 1.86. The van der Waals surface area contributed by atoms with Gasteiger partial charge in [-0.3, -0.25) is 4.99 Å². The molecule has 0 aliphatic rings. The summed E-state index contributed by atoms with van der Waals surface area (Å²) in [4.78, 5) is 13.8. The predicted molar refractivity (Wildman–Crippen MR) is 37.4 cm³/mol. The van der Waals surface area contributed by atoms with Crippen molar-refractivity contribution in [1.29, 1.82) is 0 Å². The van der Waals surface area contributed by atoms with Crippen LogP contribution >= 0.6 is 0 Å². The van der Waals surface area contributed by atoms with E-state index in [2.05, 4.69) is 4.99 Å². The summed E-state index contributed by atoms with van der Waals surface area (Å²) < 4.78 is 0.